The van der Waals surface area contributed by atoms with Gasteiger partial charge >= 0.3 is 0 Å². The van der Waals surface area contributed by atoms with Crippen LogP contribution in [0.1, 0.15) is 35.7 Å². The molecule has 0 aliphatic heterocycles. The molecule has 3 rings (SSSR count). The van der Waals surface area contributed by atoms with Crippen molar-refractivity contribution >= 4 is 11.7 Å². The van der Waals surface area contributed by atoms with Crippen LogP contribution in [0.5, 0.6) is 0 Å². The van der Waals surface area contributed by atoms with Gasteiger partial charge in [0.2, 0.25) is 0 Å². The van der Waals surface area contributed by atoms with E-state index in [1.54, 1.807) is 36.5 Å². The second-order valence-electron chi connectivity index (χ2n) is 6.45. The van der Waals surface area contributed by atoms with Crippen LogP contribution in [0.3, 0.4) is 0 Å². The maximum absolute atomic E-state index is 12.3. The first-order valence-electron chi connectivity index (χ1n) is 8.43. The molecule has 0 atom stereocenters. The molecule has 1 amide bonds. The molecular weight excluding hydrogens is 330 g/mol. The van der Waals surface area contributed by atoms with Gasteiger partial charge in [0.25, 0.3) is 5.91 Å². The van der Waals surface area contributed by atoms with E-state index in [-0.39, 0.29) is 5.91 Å². The first-order valence-corrected chi connectivity index (χ1v) is 8.43. The molecule has 2 aromatic heterocycles. The lowest BCUT2D eigenvalue weighted by Crippen LogP contribution is -2.22. The van der Waals surface area contributed by atoms with Gasteiger partial charge in [-0.3, -0.25) is 4.79 Å². The van der Waals surface area contributed by atoms with Crippen molar-refractivity contribution in [3.8, 4) is 11.4 Å². The van der Waals surface area contributed by atoms with Gasteiger partial charge in [-0.05, 0) is 30.5 Å². The number of nitrogens with one attached hydrogen (secondary N) is 1. The van der Waals surface area contributed by atoms with Crippen molar-refractivity contribution in [1.29, 1.82) is 0 Å². The summed E-state index contributed by atoms with van der Waals surface area (Å²) >= 11 is 0. The van der Waals surface area contributed by atoms with Gasteiger partial charge in [0, 0.05) is 23.4 Å². The normalized spacial score (nSPS) is 10.9. The Hall–Kier alpha value is -3.22. The van der Waals surface area contributed by atoms with Gasteiger partial charge in [-0.15, -0.1) is 0 Å². The zero-order valence-electron chi connectivity index (χ0n) is 14.8. The van der Waals surface area contributed by atoms with Crippen molar-refractivity contribution in [1.82, 2.24) is 20.4 Å². The number of aromatic nitrogens is 3. The number of hydrogen-bond acceptors (Lipinski definition) is 6. The third-order valence-corrected chi connectivity index (χ3v) is 3.73. The van der Waals surface area contributed by atoms with Crippen LogP contribution in [0, 0.1) is 5.92 Å². The average Bonchev–Trinajstić information content (AvgIpc) is 3.06. The predicted molar refractivity (Wildman–Crippen MR) is 98.1 cm³/mol. The summed E-state index contributed by atoms with van der Waals surface area (Å²) in [7, 11) is 0. The molecule has 3 aromatic rings. The highest BCUT2D eigenvalue weighted by molar-refractivity contribution is 5.94. The van der Waals surface area contributed by atoms with Crippen LogP contribution >= 0.6 is 0 Å². The molecule has 134 valence electrons. The van der Waals surface area contributed by atoms with Gasteiger partial charge in [-0.25, -0.2) is 9.97 Å². The zero-order valence-corrected chi connectivity index (χ0v) is 14.8. The molecule has 2 heterocycles. The molecule has 0 bridgehead atoms. The molecule has 0 radical (unpaired) electrons. The van der Waals surface area contributed by atoms with Crippen molar-refractivity contribution in [2.45, 2.75) is 26.8 Å². The minimum atomic E-state index is -0.188. The van der Waals surface area contributed by atoms with E-state index in [9.17, 15) is 4.79 Å². The zero-order chi connectivity index (χ0) is 18.5. The lowest BCUT2D eigenvalue weighted by Gasteiger charge is -2.05. The van der Waals surface area contributed by atoms with Crippen molar-refractivity contribution in [2.75, 3.05) is 5.73 Å². The third-order valence-electron chi connectivity index (χ3n) is 3.73. The summed E-state index contributed by atoms with van der Waals surface area (Å²) in [5.41, 5.74) is 7.90. The number of carbonyl (C=O) groups excluding carboxylic acids is 1. The fourth-order valence-electron chi connectivity index (χ4n) is 2.51. The molecule has 26 heavy (non-hydrogen) atoms. The Bertz CT molecular complexity index is 887. The molecule has 0 spiro atoms. The molecule has 7 heteroatoms. The SMILES string of the molecule is CC(C)Cc1cc(CNC(=O)c2ccc(-c3nccc(N)n3)cc2)on1. The van der Waals surface area contributed by atoms with E-state index >= 15 is 0 Å². The summed E-state index contributed by atoms with van der Waals surface area (Å²) in [6.07, 6.45) is 2.45. The highest BCUT2D eigenvalue weighted by Gasteiger charge is 2.10. The lowest BCUT2D eigenvalue weighted by molar-refractivity contribution is 0.0947. The third kappa shape index (κ3) is 4.44. The van der Waals surface area contributed by atoms with Crippen LogP contribution in [-0.4, -0.2) is 21.0 Å². The molecule has 3 N–H and O–H groups in total. The predicted octanol–water partition coefficient (Wildman–Crippen LogP) is 2.84. The van der Waals surface area contributed by atoms with E-state index in [0.29, 0.717) is 35.4 Å². The number of rotatable bonds is 6. The maximum Gasteiger partial charge on any atom is 0.251 e. The molecular formula is C19H21N5O2. The fourth-order valence-corrected chi connectivity index (χ4v) is 2.51. The first kappa shape index (κ1) is 17.6. The summed E-state index contributed by atoms with van der Waals surface area (Å²) in [6.45, 7) is 4.53. The van der Waals surface area contributed by atoms with E-state index in [4.69, 9.17) is 10.3 Å². The van der Waals surface area contributed by atoms with Crippen LogP contribution in [0.2, 0.25) is 0 Å². The largest absolute Gasteiger partial charge is 0.384 e. The lowest BCUT2D eigenvalue weighted by atomic mass is 10.1. The Morgan fingerprint density at radius 3 is 2.69 bits per heavy atom. The van der Waals surface area contributed by atoms with Crippen LogP contribution in [0.15, 0.2) is 47.1 Å². The topological polar surface area (TPSA) is 107 Å². The van der Waals surface area contributed by atoms with Crippen molar-refractivity contribution in [2.24, 2.45) is 5.92 Å². The quantitative estimate of drug-likeness (QED) is 0.707. The molecule has 7 nitrogen and oxygen atoms in total. The molecule has 0 unspecified atom stereocenters. The smallest absolute Gasteiger partial charge is 0.251 e. The van der Waals surface area contributed by atoms with Gasteiger partial charge in [0.15, 0.2) is 11.6 Å². The minimum absolute atomic E-state index is 0.188. The highest BCUT2D eigenvalue weighted by atomic mass is 16.5. The van der Waals surface area contributed by atoms with Gasteiger partial charge in [-0.1, -0.05) is 31.1 Å². The Kier molecular flexibility index (Phi) is 5.26. The van der Waals surface area contributed by atoms with Crippen LogP contribution in [0.25, 0.3) is 11.4 Å². The van der Waals surface area contributed by atoms with E-state index in [2.05, 4.69) is 34.3 Å². The Morgan fingerprint density at radius 1 is 1.23 bits per heavy atom. The first-order chi connectivity index (χ1) is 12.5. The summed E-state index contributed by atoms with van der Waals surface area (Å²) in [6, 6.07) is 10.5. The molecule has 0 aliphatic carbocycles. The molecule has 0 saturated heterocycles. The average molecular weight is 351 g/mol. The standard InChI is InChI=1S/C19H21N5O2/c1-12(2)9-15-10-16(26-24-15)11-22-19(25)14-5-3-13(4-6-14)18-21-8-7-17(20)23-18/h3-8,10,12H,9,11H2,1-2H3,(H,22,25)(H2,20,21,23). The highest BCUT2D eigenvalue weighted by Crippen LogP contribution is 2.16. The van der Waals surface area contributed by atoms with Crippen molar-refractivity contribution in [3.05, 3.63) is 59.6 Å². The summed E-state index contributed by atoms with van der Waals surface area (Å²) in [5, 5.41) is 6.84. The minimum Gasteiger partial charge on any atom is -0.384 e. The van der Waals surface area contributed by atoms with Crippen LogP contribution in [-0.2, 0) is 13.0 Å². The molecule has 0 saturated carbocycles. The Labute approximate surface area is 151 Å². The number of carbonyl (C=O) groups is 1. The molecule has 0 aliphatic rings. The fraction of sp³-hybridized carbons (Fsp3) is 0.263. The number of benzene rings is 1. The van der Waals surface area contributed by atoms with E-state index in [0.717, 1.165) is 17.7 Å². The second-order valence-corrected chi connectivity index (χ2v) is 6.45. The maximum atomic E-state index is 12.3. The van der Waals surface area contributed by atoms with Gasteiger partial charge in [-0.2, -0.15) is 0 Å². The monoisotopic (exact) mass is 351 g/mol. The van der Waals surface area contributed by atoms with Gasteiger partial charge < -0.3 is 15.6 Å². The van der Waals surface area contributed by atoms with Gasteiger partial charge in [0.05, 0.1) is 12.2 Å². The number of hydrogen-bond donors (Lipinski definition) is 2. The molecule has 0 fully saturated rings. The van der Waals surface area contributed by atoms with Crippen molar-refractivity contribution in [3.63, 3.8) is 0 Å². The van der Waals surface area contributed by atoms with E-state index in [1.165, 1.54) is 0 Å². The number of anilines is 1. The van der Waals surface area contributed by atoms with Crippen LogP contribution in [0.4, 0.5) is 5.82 Å². The Balaban J connectivity index is 1.60. The van der Waals surface area contributed by atoms with E-state index < -0.39 is 0 Å². The summed E-state index contributed by atoms with van der Waals surface area (Å²) < 4.78 is 5.25. The van der Waals surface area contributed by atoms with Crippen molar-refractivity contribution < 1.29 is 9.32 Å². The van der Waals surface area contributed by atoms with Gasteiger partial charge in [0.1, 0.15) is 5.82 Å². The number of amides is 1. The summed E-state index contributed by atoms with van der Waals surface area (Å²) in [4.78, 5) is 20.6. The molecule has 1 aromatic carbocycles. The number of nitrogens with zero attached hydrogens (tertiary/aromatic N) is 3. The second kappa shape index (κ2) is 7.77. The summed E-state index contributed by atoms with van der Waals surface area (Å²) in [5.74, 6) is 1.88. The van der Waals surface area contributed by atoms with E-state index in [1.807, 2.05) is 6.07 Å². The Morgan fingerprint density at radius 2 is 2.00 bits per heavy atom. The number of nitrogen functional groups attached to an aromatic ring is 1. The van der Waals surface area contributed by atoms with Crippen LogP contribution < -0.4 is 11.1 Å². The number of nitrogens with two attached hydrogens (primary N) is 1.